The zero-order valence-corrected chi connectivity index (χ0v) is 9.26. The minimum Gasteiger partial charge on any atom is -0.293 e. The predicted molar refractivity (Wildman–Crippen MR) is 62.4 cm³/mol. The molecule has 0 spiro atoms. The quantitative estimate of drug-likeness (QED) is 0.700. The van der Waals surface area contributed by atoms with Crippen LogP contribution in [0.25, 0.3) is 0 Å². The van der Waals surface area contributed by atoms with E-state index in [4.69, 9.17) is 0 Å². The maximum absolute atomic E-state index is 4.36. The Morgan fingerprint density at radius 3 is 3.13 bits per heavy atom. The Kier molecular flexibility index (Phi) is 3.51. The highest BCUT2D eigenvalue weighted by molar-refractivity contribution is 5.05. The Morgan fingerprint density at radius 2 is 2.40 bits per heavy atom. The number of hydrogen-bond acceptors (Lipinski definition) is 2. The average Bonchev–Trinajstić information content (AvgIpc) is 2.31. The second-order valence-corrected chi connectivity index (χ2v) is 4.11. The monoisotopic (exact) mass is 202 g/mol. The number of hydrogen-bond donors (Lipinski definition) is 0. The molecule has 0 fully saturated rings. The van der Waals surface area contributed by atoms with Crippen molar-refractivity contribution in [2.24, 2.45) is 5.92 Å². The van der Waals surface area contributed by atoms with Crippen molar-refractivity contribution in [2.45, 2.75) is 19.9 Å². The van der Waals surface area contributed by atoms with Crippen molar-refractivity contribution in [1.82, 2.24) is 9.88 Å². The van der Waals surface area contributed by atoms with Crippen LogP contribution in [-0.2, 0) is 6.54 Å². The first-order valence-electron chi connectivity index (χ1n) is 5.67. The number of nitrogens with zero attached hydrogens (tertiary/aromatic N) is 2. The van der Waals surface area contributed by atoms with Gasteiger partial charge in [-0.1, -0.05) is 25.1 Å². The SMILES string of the molecule is CCC1C=CCN(Cc2ccccn2)C1. The molecule has 0 saturated carbocycles. The van der Waals surface area contributed by atoms with Crippen LogP contribution in [0.4, 0.5) is 0 Å². The molecular formula is C13H18N2. The Bertz CT molecular complexity index is 319. The van der Waals surface area contributed by atoms with E-state index in [1.54, 1.807) is 0 Å². The van der Waals surface area contributed by atoms with Crippen molar-refractivity contribution in [2.75, 3.05) is 13.1 Å². The minimum atomic E-state index is 0.725. The molecule has 1 aromatic heterocycles. The van der Waals surface area contributed by atoms with Crippen molar-refractivity contribution in [1.29, 1.82) is 0 Å². The van der Waals surface area contributed by atoms with E-state index >= 15 is 0 Å². The maximum Gasteiger partial charge on any atom is 0.0544 e. The highest BCUT2D eigenvalue weighted by Crippen LogP contribution is 2.14. The van der Waals surface area contributed by atoms with Gasteiger partial charge in [0.25, 0.3) is 0 Å². The molecule has 0 N–H and O–H groups in total. The molecule has 1 unspecified atom stereocenters. The molecule has 0 amide bonds. The van der Waals surface area contributed by atoms with Crippen LogP contribution in [0.1, 0.15) is 19.0 Å². The van der Waals surface area contributed by atoms with Crippen LogP contribution >= 0.6 is 0 Å². The van der Waals surface area contributed by atoms with E-state index < -0.39 is 0 Å². The Morgan fingerprint density at radius 1 is 1.47 bits per heavy atom. The van der Waals surface area contributed by atoms with Gasteiger partial charge in [-0.15, -0.1) is 0 Å². The highest BCUT2D eigenvalue weighted by atomic mass is 15.1. The first-order chi connectivity index (χ1) is 7.38. The van der Waals surface area contributed by atoms with E-state index in [0.717, 1.165) is 19.0 Å². The standard InChI is InChI=1S/C13H18N2/c1-2-12-6-5-9-15(10-12)11-13-7-3-4-8-14-13/h3-8,12H,2,9-11H2,1H3. The summed E-state index contributed by atoms with van der Waals surface area (Å²) in [6, 6.07) is 6.12. The van der Waals surface area contributed by atoms with Crippen LogP contribution < -0.4 is 0 Å². The summed E-state index contributed by atoms with van der Waals surface area (Å²) >= 11 is 0. The Balaban J connectivity index is 1.93. The molecule has 1 aliphatic rings. The van der Waals surface area contributed by atoms with Crippen LogP contribution in [0.3, 0.4) is 0 Å². The lowest BCUT2D eigenvalue weighted by Gasteiger charge is -2.27. The lowest BCUT2D eigenvalue weighted by molar-refractivity contribution is 0.246. The Hall–Kier alpha value is -1.15. The number of aromatic nitrogens is 1. The molecule has 1 aromatic rings. The molecule has 80 valence electrons. The van der Waals surface area contributed by atoms with Gasteiger partial charge in [-0.05, 0) is 24.5 Å². The van der Waals surface area contributed by atoms with Crippen molar-refractivity contribution in [3.63, 3.8) is 0 Å². The third-order valence-electron chi connectivity index (χ3n) is 2.90. The van der Waals surface area contributed by atoms with E-state index in [-0.39, 0.29) is 0 Å². The predicted octanol–water partition coefficient (Wildman–Crippen LogP) is 2.48. The van der Waals surface area contributed by atoms with Crippen molar-refractivity contribution >= 4 is 0 Å². The zero-order valence-electron chi connectivity index (χ0n) is 9.26. The van der Waals surface area contributed by atoms with Gasteiger partial charge in [-0.2, -0.15) is 0 Å². The van der Waals surface area contributed by atoms with E-state index in [1.165, 1.54) is 18.7 Å². The maximum atomic E-state index is 4.36. The molecular weight excluding hydrogens is 184 g/mol. The molecule has 15 heavy (non-hydrogen) atoms. The van der Waals surface area contributed by atoms with Crippen LogP contribution in [0.15, 0.2) is 36.5 Å². The van der Waals surface area contributed by atoms with Crippen LogP contribution in [-0.4, -0.2) is 23.0 Å². The van der Waals surface area contributed by atoms with Gasteiger partial charge in [-0.3, -0.25) is 9.88 Å². The van der Waals surface area contributed by atoms with E-state index in [1.807, 2.05) is 12.3 Å². The summed E-state index contributed by atoms with van der Waals surface area (Å²) in [5.74, 6) is 0.725. The first kappa shape index (κ1) is 10.4. The van der Waals surface area contributed by atoms with Gasteiger partial charge in [0, 0.05) is 25.8 Å². The summed E-state index contributed by atoms with van der Waals surface area (Å²) < 4.78 is 0. The lowest BCUT2D eigenvalue weighted by Crippen LogP contribution is -2.31. The smallest absolute Gasteiger partial charge is 0.0544 e. The van der Waals surface area contributed by atoms with Crippen molar-refractivity contribution in [3.05, 3.63) is 42.2 Å². The fourth-order valence-corrected chi connectivity index (χ4v) is 1.98. The van der Waals surface area contributed by atoms with Crippen molar-refractivity contribution in [3.8, 4) is 0 Å². The summed E-state index contributed by atoms with van der Waals surface area (Å²) in [6.07, 6.45) is 7.72. The van der Waals surface area contributed by atoms with Gasteiger partial charge in [-0.25, -0.2) is 0 Å². The van der Waals surface area contributed by atoms with Gasteiger partial charge in [0.05, 0.1) is 5.69 Å². The molecule has 2 heteroatoms. The largest absolute Gasteiger partial charge is 0.293 e. The summed E-state index contributed by atoms with van der Waals surface area (Å²) in [5.41, 5.74) is 1.17. The Labute approximate surface area is 91.6 Å². The third kappa shape index (κ3) is 2.90. The molecule has 1 aliphatic heterocycles. The second kappa shape index (κ2) is 5.08. The molecule has 2 rings (SSSR count). The second-order valence-electron chi connectivity index (χ2n) is 4.11. The van der Waals surface area contributed by atoms with E-state index in [2.05, 4.69) is 41.1 Å². The molecule has 0 aliphatic carbocycles. The summed E-state index contributed by atoms with van der Waals surface area (Å²) in [7, 11) is 0. The van der Waals surface area contributed by atoms with Gasteiger partial charge in [0.15, 0.2) is 0 Å². The van der Waals surface area contributed by atoms with Gasteiger partial charge in [0.1, 0.15) is 0 Å². The number of rotatable bonds is 3. The van der Waals surface area contributed by atoms with E-state index in [0.29, 0.717) is 0 Å². The molecule has 0 radical (unpaired) electrons. The van der Waals surface area contributed by atoms with Gasteiger partial charge in [0.2, 0.25) is 0 Å². The molecule has 1 atom stereocenters. The lowest BCUT2D eigenvalue weighted by atomic mass is 10.0. The average molecular weight is 202 g/mol. The van der Waals surface area contributed by atoms with Crippen LogP contribution in [0, 0.1) is 5.92 Å². The molecule has 2 nitrogen and oxygen atoms in total. The fourth-order valence-electron chi connectivity index (χ4n) is 1.98. The van der Waals surface area contributed by atoms with Crippen molar-refractivity contribution < 1.29 is 0 Å². The highest BCUT2D eigenvalue weighted by Gasteiger charge is 2.13. The van der Waals surface area contributed by atoms with E-state index in [9.17, 15) is 0 Å². The summed E-state index contributed by atoms with van der Waals surface area (Å²) in [5, 5.41) is 0. The molecule has 0 bridgehead atoms. The van der Waals surface area contributed by atoms with Gasteiger partial charge < -0.3 is 0 Å². The molecule has 0 saturated heterocycles. The first-order valence-corrected chi connectivity index (χ1v) is 5.67. The fraction of sp³-hybridized carbons (Fsp3) is 0.462. The number of pyridine rings is 1. The zero-order chi connectivity index (χ0) is 10.5. The summed E-state index contributed by atoms with van der Waals surface area (Å²) in [4.78, 5) is 6.81. The summed E-state index contributed by atoms with van der Waals surface area (Å²) in [6.45, 7) is 5.46. The molecule has 2 heterocycles. The van der Waals surface area contributed by atoms with Crippen LogP contribution in [0.5, 0.6) is 0 Å². The normalized spacial score (nSPS) is 21.8. The third-order valence-corrected chi connectivity index (χ3v) is 2.90. The minimum absolute atomic E-state index is 0.725. The van der Waals surface area contributed by atoms with Crippen LogP contribution in [0.2, 0.25) is 0 Å². The molecule has 0 aromatic carbocycles. The van der Waals surface area contributed by atoms with Gasteiger partial charge >= 0.3 is 0 Å². The topological polar surface area (TPSA) is 16.1 Å².